The van der Waals surface area contributed by atoms with E-state index in [1.54, 1.807) is 13.0 Å². The number of hydrogen-bond donors (Lipinski definition) is 3. The summed E-state index contributed by atoms with van der Waals surface area (Å²) in [5.41, 5.74) is 0.338. The van der Waals surface area contributed by atoms with Gasteiger partial charge >= 0.3 is 5.97 Å². The largest absolute Gasteiger partial charge is 0.480 e. The normalized spacial score (nSPS) is 12.3. The molecule has 1 heterocycles. The van der Waals surface area contributed by atoms with Crippen molar-refractivity contribution < 1.29 is 28.6 Å². The van der Waals surface area contributed by atoms with E-state index in [1.165, 1.54) is 12.1 Å². The SMILES string of the molecule is Cc1c(C(=O)NC(CO)C(=O)O)oc2c(F)cccc12. The summed E-state index contributed by atoms with van der Waals surface area (Å²) >= 11 is 0. The lowest BCUT2D eigenvalue weighted by Crippen LogP contribution is -2.43. The lowest BCUT2D eigenvalue weighted by Gasteiger charge is -2.10. The monoisotopic (exact) mass is 281 g/mol. The Hall–Kier alpha value is -2.41. The molecule has 6 nitrogen and oxygen atoms in total. The molecule has 2 rings (SSSR count). The highest BCUT2D eigenvalue weighted by Gasteiger charge is 2.24. The molecule has 1 aromatic carbocycles. The number of carbonyl (C=O) groups excluding carboxylic acids is 1. The number of aliphatic hydroxyl groups is 1. The minimum atomic E-state index is -1.44. The summed E-state index contributed by atoms with van der Waals surface area (Å²) in [5, 5.41) is 20.2. The number of furan rings is 1. The molecule has 0 radical (unpaired) electrons. The maximum atomic E-state index is 13.5. The fraction of sp³-hybridized carbons (Fsp3) is 0.231. The standard InChI is InChI=1S/C13H12FNO5/c1-6-7-3-2-4-8(14)11(7)20-10(6)12(17)15-9(5-16)13(18)19/h2-4,9,16H,5H2,1H3,(H,15,17)(H,18,19). The van der Waals surface area contributed by atoms with Gasteiger partial charge < -0.3 is 19.9 Å². The molecule has 106 valence electrons. The molecule has 2 aromatic rings. The molecule has 0 aliphatic heterocycles. The summed E-state index contributed by atoms with van der Waals surface area (Å²) in [6.45, 7) is 0.809. The fourth-order valence-electron chi connectivity index (χ4n) is 1.83. The van der Waals surface area contributed by atoms with Crippen LogP contribution in [-0.2, 0) is 4.79 Å². The van der Waals surface area contributed by atoms with Crippen molar-refractivity contribution in [1.29, 1.82) is 0 Å². The van der Waals surface area contributed by atoms with Crippen molar-refractivity contribution in [3.63, 3.8) is 0 Å². The molecule has 1 amide bonds. The van der Waals surface area contributed by atoms with Crippen molar-refractivity contribution in [3.05, 3.63) is 35.3 Å². The van der Waals surface area contributed by atoms with Crippen LogP contribution in [0.15, 0.2) is 22.6 Å². The second kappa shape index (κ2) is 5.30. The van der Waals surface area contributed by atoms with Crippen molar-refractivity contribution >= 4 is 22.8 Å². The zero-order valence-electron chi connectivity index (χ0n) is 10.5. The summed E-state index contributed by atoms with van der Waals surface area (Å²) in [4.78, 5) is 22.7. The Morgan fingerprint density at radius 1 is 1.45 bits per heavy atom. The van der Waals surface area contributed by atoms with Crippen LogP contribution in [0.1, 0.15) is 16.1 Å². The van der Waals surface area contributed by atoms with Gasteiger partial charge in [-0.15, -0.1) is 0 Å². The smallest absolute Gasteiger partial charge is 0.328 e. The minimum absolute atomic E-state index is 0.0639. The second-order valence-corrected chi connectivity index (χ2v) is 4.22. The van der Waals surface area contributed by atoms with Gasteiger partial charge in [0.05, 0.1) is 6.61 Å². The van der Waals surface area contributed by atoms with E-state index in [0.29, 0.717) is 10.9 Å². The first-order chi connectivity index (χ1) is 9.45. The first kappa shape index (κ1) is 14.0. The quantitative estimate of drug-likeness (QED) is 0.778. The van der Waals surface area contributed by atoms with Crippen LogP contribution in [0.2, 0.25) is 0 Å². The molecule has 0 spiro atoms. The number of carbonyl (C=O) groups is 2. The highest BCUT2D eigenvalue weighted by Crippen LogP contribution is 2.27. The number of para-hydroxylation sites is 1. The van der Waals surface area contributed by atoms with Crippen LogP contribution >= 0.6 is 0 Å². The molecule has 0 aliphatic carbocycles. The molecule has 0 saturated heterocycles. The van der Waals surface area contributed by atoms with Gasteiger partial charge in [0.1, 0.15) is 0 Å². The van der Waals surface area contributed by atoms with Crippen LogP contribution in [-0.4, -0.2) is 34.7 Å². The maximum absolute atomic E-state index is 13.5. The van der Waals surface area contributed by atoms with E-state index in [1.807, 2.05) is 0 Å². The van der Waals surface area contributed by atoms with Gasteiger partial charge in [0.2, 0.25) is 0 Å². The molecule has 1 atom stereocenters. The van der Waals surface area contributed by atoms with Crippen molar-refractivity contribution in [2.75, 3.05) is 6.61 Å². The Labute approximate surface area is 112 Å². The molecule has 7 heteroatoms. The summed E-state index contributed by atoms with van der Waals surface area (Å²) in [5.74, 6) is -2.98. The van der Waals surface area contributed by atoms with Gasteiger partial charge in [0.15, 0.2) is 23.2 Å². The van der Waals surface area contributed by atoms with Crippen LogP contribution in [0, 0.1) is 12.7 Å². The number of fused-ring (bicyclic) bond motifs is 1. The number of rotatable bonds is 4. The van der Waals surface area contributed by atoms with Gasteiger partial charge in [0, 0.05) is 10.9 Å². The average Bonchev–Trinajstić information content (AvgIpc) is 2.75. The van der Waals surface area contributed by atoms with Crippen molar-refractivity contribution in [1.82, 2.24) is 5.32 Å². The number of nitrogens with one attached hydrogen (secondary N) is 1. The third kappa shape index (κ3) is 2.35. The Bertz CT molecular complexity index is 679. The van der Waals surface area contributed by atoms with Gasteiger partial charge in [-0.05, 0) is 13.0 Å². The number of halogens is 1. The third-order valence-corrected chi connectivity index (χ3v) is 2.91. The summed E-state index contributed by atoms with van der Waals surface area (Å²) in [6.07, 6.45) is 0. The second-order valence-electron chi connectivity index (χ2n) is 4.22. The van der Waals surface area contributed by atoms with Crippen LogP contribution < -0.4 is 5.32 Å². The summed E-state index contributed by atoms with van der Waals surface area (Å²) in [7, 11) is 0. The predicted molar refractivity (Wildman–Crippen MR) is 66.9 cm³/mol. The Kier molecular flexibility index (Phi) is 3.71. The first-order valence-corrected chi connectivity index (χ1v) is 5.77. The Morgan fingerprint density at radius 3 is 2.70 bits per heavy atom. The number of benzene rings is 1. The third-order valence-electron chi connectivity index (χ3n) is 2.91. The maximum Gasteiger partial charge on any atom is 0.328 e. The van der Waals surface area contributed by atoms with E-state index in [0.717, 1.165) is 0 Å². The highest BCUT2D eigenvalue weighted by atomic mass is 19.1. The van der Waals surface area contributed by atoms with Crippen LogP contribution in [0.5, 0.6) is 0 Å². The van der Waals surface area contributed by atoms with E-state index in [9.17, 15) is 14.0 Å². The topological polar surface area (TPSA) is 99.8 Å². The number of aliphatic carboxylic acids is 1. The van der Waals surface area contributed by atoms with Gasteiger partial charge in [-0.2, -0.15) is 0 Å². The van der Waals surface area contributed by atoms with E-state index < -0.39 is 30.3 Å². The zero-order chi connectivity index (χ0) is 14.9. The van der Waals surface area contributed by atoms with Gasteiger partial charge in [0.25, 0.3) is 5.91 Å². The lowest BCUT2D eigenvalue weighted by molar-refractivity contribution is -0.140. The number of amides is 1. The van der Waals surface area contributed by atoms with E-state index in [2.05, 4.69) is 5.32 Å². The molecule has 0 bridgehead atoms. The molecule has 0 fully saturated rings. The first-order valence-electron chi connectivity index (χ1n) is 5.77. The average molecular weight is 281 g/mol. The number of hydrogen-bond acceptors (Lipinski definition) is 4. The van der Waals surface area contributed by atoms with Crippen LogP contribution in [0.25, 0.3) is 11.0 Å². The molecular weight excluding hydrogens is 269 g/mol. The highest BCUT2D eigenvalue weighted by molar-refractivity contribution is 6.00. The Morgan fingerprint density at radius 2 is 2.15 bits per heavy atom. The van der Waals surface area contributed by atoms with Crippen LogP contribution in [0.4, 0.5) is 4.39 Å². The minimum Gasteiger partial charge on any atom is -0.480 e. The molecule has 20 heavy (non-hydrogen) atoms. The molecule has 3 N–H and O–H groups in total. The van der Waals surface area contributed by atoms with Crippen molar-refractivity contribution in [3.8, 4) is 0 Å². The molecule has 0 aliphatic rings. The molecule has 1 aromatic heterocycles. The molecule has 1 unspecified atom stereocenters. The van der Waals surface area contributed by atoms with E-state index >= 15 is 0 Å². The summed E-state index contributed by atoms with van der Waals surface area (Å²) < 4.78 is 18.7. The number of aliphatic hydroxyl groups excluding tert-OH is 1. The molecular formula is C13H12FNO5. The number of aryl methyl sites for hydroxylation is 1. The predicted octanol–water partition coefficient (Wildman–Crippen LogP) is 1.06. The zero-order valence-corrected chi connectivity index (χ0v) is 10.5. The van der Waals surface area contributed by atoms with Crippen molar-refractivity contribution in [2.24, 2.45) is 0 Å². The number of carboxylic acids is 1. The van der Waals surface area contributed by atoms with Crippen molar-refractivity contribution in [2.45, 2.75) is 13.0 Å². The van der Waals surface area contributed by atoms with Gasteiger partial charge in [-0.25, -0.2) is 9.18 Å². The Balaban J connectivity index is 2.38. The molecule has 0 saturated carbocycles. The van der Waals surface area contributed by atoms with E-state index in [-0.39, 0.29) is 11.3 Å². The lowest BCUT2D eigenvalue weighted by atomic mass is 10.1. The van der Waals surface area contributed by atoms with Crippen LogP contribution in [0.3, 0.4) is 0 Å². The van der Waals surface area contributed by atoms with Gasteiger partial charge in [-0.1, -0.05) is 12.1 Å². The summed E-state index contributed by atoms with van der Waals surface area (Å²) in [6, 6.07) is 2.82. The van der Waals surface area contributed by atoms with Gasteiger partial charge in [-0.3, -0.25) is 4.79 Å². The number of carboxylic acid groups (broad SMARTS) is 1. The fourth-order valence-corrected chi connectivity index (χ4v) is 1.83. The van der Waals surface area contributed by atoms with E-state index in [4.69, 9.17) is 14.6 Å².